The number of nitrogens with one attached hydrogen (secondary N) is 1. The highest BCUT2D eigenvalue weighted by atomic mass is 32.1. The minimum Gasteiger partial charge on any atom is -0.385 e. The third kappa shape index (κ3) is 3.78. The fourth-order valence-corrected chi connectivity index (χ4v) is 2.60. The molecule has 0 radical (unpaired) electrons. The molecule has 1 aromatic carbocycles. The van der Waals surface area contributed by atoms with Crippen LogP contribution in [0.2, 0.25) is 0 Å². The van der Waals surface area contributed by atoms with E-state index >= 15 is 0 Å². The van der Waals surface area contributed by atoms with Crippen LogP contribution in [-0.2, 0) is 0 Å². The van der Waals surface area contributed by atoms with E-state index in [1.165, 1.54) is 0 Å². The van der Waals surface area contributed by atoms with Gasteiger partial charge in [-0.25, -0.2) is 4.98 Å². The number of nitrogens with two attached hydrogens (primary N) is 1. The van der Waals surface area contributed by atoms with E-state index in [1.54, 1.807) is 11.3 Å². The largest absolute Gasteiger partial charge is 0.385 e. The maximum absolute atomic E-state index is 5.80. The van der Waals surface area contributed by atoms with Gasteiger partial charge in [0.2, 0.25) is 0 Å². The van der Waals surface area contributed by atoms with Gasteiger partial charge in [0.15, 0.2) is 0 Å². The van der Waals surface area contributed by atoms with Crippen LogP contribution in [0.5, 0.6) is 0 Å². The Morgan fingerprint density at radius 3 is 2.84 bits per heavy atom. The van der Waals surface area contributed by atoms with Crippen LogP contribution in [0.25, 0.3) is 10.6 Å². The Balaban J connectivity index is 2.03. The molecule has 0 bridgehead atoms. The SMILES string of the molecule is CC(C)C(CN)CNc1cccc(-c2nccs2)c1. The zero-order chi connectivity index (χ0) is 13.7. The zero-order valence-electron chi connectivity index (χ0n) is 11.5. The van der Waals surface area contributed by atoms with E-state index in [2.05, 4.69) is 48.4 Å². The summed E-state index contributed by atoms with van der Waals surface area (Å²) in [5, 5.41) is 6.53. The van der Waals surface area contributed by atoms with Gasteiger partial charge in [0.25, 0.3) is 0 Å². The molecule has 2 aromatic rings. The Kier molecular flexibility index (Phi) is 4.93. The van der Waals surface area contributed by atoms with Gasteiger partial charge in [-0.15, -0.1) is 11.3 Å². The van der Waals surface area contributed by atoms with Crippen LogP contribution in [0, 0.1) is 11.8 Å². The molecule has 3 nitrogen and oxygen atoms in total. The van der Waals surface area contributed by atoms with Crippen molar-refractivity contribution in [1.82, 2.24) is 4.98 Å². The number of nitrogens with zero attached hydrogens (tertiary/aromatic N) is 1. The van der Waals surface area contributed by atoms with Crippen molar-refractivity contribution in [2.45, 2.75) is 13.8 Å². The first kappa shape index (κ1) is 14.0. The summed E-state index contributed by atoms with van der Waals surface area (Å²) in [6, 6.07) is 8.39. The lowest BCUT2D eigenvalue weighted by molar-refractivity contribution is 0.413. The normalized spacial score (nSPS) is 12.6. The molecule has 0 saturated carbocycles. The average molecular weight is 275 g/mol. The molecule has 0 amide bonds. The molecular weight excluding hydrogens is 254 g/mol. The van der Waals surface area contributed by atoms with Crippen LogP contribution in [-0.4, -0.2) is 18.1 Å². The van der Waals surface area contributed by atoms with Gasteiger partial charge >= 0.3 is 0 Å². The van der Waals surface area contributed by atoms with E-state index in [9.17, 15) is 0 Å². The highest BCUT2D eigenvalue weighted by Gasteiger charge is 2.11. The van der Waals surface area contributed by atoms with Gasteiger partial charge in [0.05, 0.1) is 0 Å². The molecule has 4 heteroatoms. The molecule has 2 rings (SSSR count). The molecule has 1 unspecified atom stereocenters. The van der Waals surface area contributed by atoms with Crippen LogP contribution in [0.3, 0.4) is 0 Å². The lowest BCUT2D eigenvalue weighted by atomic mass is 9.96. The fourth-order valence-electron chi connectivity index (χ4n) is 1.97. The predicted octanol–water partition coefficient (Wildman–Crippen LogP) is 3.45. The minimum atomic E-state index is 0.503. The Labute approximate surface area is 118 Å². The van der Waals surface area contributed by atoms with Crippen molar-refractivity contribution in [3.63, 3.8) is 0 Å². The van der Waals surface area contributed by atoms with Crippen molar-refractivity contribution in [3.05, 3.63) is 35.8 Å². The van der Waals surface area contributed by atoms with E-state index in [1.807, 2.05) is 11.6 Å². The molecule has 1 aromatic heterocycles. The van der Waals surface area contributed by atoms with Gasteiger partial charge in [0, 0.05) is 29.4 Å². The van der Waals surface area contributed by atoms with Gasteiger partial charge in [-0.3, -0.25) is 0 Å². The quantitative estimate of drug-likeness (QED) is 0.849. The molecule has 19 heavy (non-hydrogen) atoms. The molecule has 102 valence electrons. The zero-order valence-corrected chi connectivity index (χ0v) is 12.3. The smallest absolute Gasteiger partial charge is 0.123 e. The van der Waals surface area contributed by atoms with Crippen molar-refractivity contribution in [2.75, 3.05) is 18.4 Å². The molecule has 0 fully saturated rings. The van der Waals surface area contributed by atoms with E-state index < -0.39 is 0 Å². The predicted molar refractivity (Wildman–Crippen MR) is 83.4 cm³/mol. The fraction of sp³-hybridized carbons (Fsp3) is 0.400. The summed E-state index contributed by atoms with van der Waals surface area (Å²) in [6.07, 6.45) is 1.84. The Morgan fingerprint density at radius 2 is 2.21 bits per heavy atom. The number of hydrogen-bond acceptors (Lipinski definition) is 4. The second-order valence-electron chi connectivity index (χ2n) is 5.04. The molecule has 1 heterocycles. The van der Waals surface area contributed by atoms with Gasteiger partial charge in [-0.1, -0.05) is 26.0 Å². The third-order valence-corrected chi connectivity index (χ3v) is 4.18. The molecule has 0 saturated heterocycles. The van der Waals surface area contributed by atoms with Crippen LogP contribution in [0.1, 0.15) is 13.8 Å². The second kappa shape index (κ2) is 6.68. The Hall–Kier alpha value is -1.39. The Bertz CT molecular complexity index is 494. The molecule has 0 aliphatic heterocycles. The summed E-state index contributed by atoms with van der Waals surface area (Å²) in [7, 11) is 0. The summed E-state index contributed by atoms with van der Waals surface area (Å²) in [5.74, 6) is 1.10. The van der Waals surface area contributed by atoms with Crippen molar-refractivity contribution < 1.29 is 0 Å². The maximum Gasteiger partial charge on any atom is 0.123 e. The standard InChI is InChI=1S/C15H21N3S/c1-11(2)13(9-16)10-18-14-5-3-4-12(8-14)15-17-6-7-19-15/h3-8,11,13,18H,9-10,16H2,1-2H3. The molecule has 0 spiro atoms. The highest BCUT2D eigenvalue weighted by Crippen LogP contribution is 2.24. The molecule has 0 aliphatic rings. The first-order valence-electron chi connectivity index (χ1n) is 6.64. The van der Waals surface area contributed by atoms with Gasteiger partial charge < -0.3 is 11.1 Å². The van der Waals surface area contributed by atoms with Gasteiger partial charge in [-0.05, 0) is 30.5 Å². The van der Waals surface area contributed by atoms with Crippen molar-refractivity contribution in [1.29, 1.82) is 0 Å². The Morgan fingerprint density at radius 1 is 1.37 bits per heavy atom. The summed E-state index contributed by atoms with van der Waals surface area (Å²) < 4.78 is 0. The minimum absolute atomic E-state index is 0.503. The van der Waals surface area contributed by atoms with Crippen molar-refractivity contribution in [3.8, 4) is 10.6 Å². The number of anilines is 1. The van der Waals surface area contributed by atoms with Gasteiger partial charge in [0.1, 0.15) is 5.01 Å². The van der Waals surface area contributed by atoms with E-state index in [4.69, 9.17) is 5.73 Å². The number of aromatic nitrogens is 1. The van der Waals surface area contributed by atoms with E-state index in [-0.39, 0.29) is 0 Å². The number of hydrogen-bond donors (Lipinski definition) is 2. The van der Waals surface area contributed by atoms with Crippen molar-refractivity contribution in [2.24, 2.45) is 17.6 Å². The maximum atomic E-state index is 5.80. The van der Waals surface area contributed by atoms with E-state index in [0.29, 0.717) is 11.8 Å². The molecule has 0 aliphatic carbocycles. The van der Waals surface area contributed by atoms with Crippen LogP contribution < -0.4 is 11.1 Å². The van der Waals surface area contributed by atoms with E-state index in [0.717, 1.165) is 29.3 Å². The van der Waals surface area contributed by atoms with Gasteiger partial charge in [-0.2, -0.15) is 0 Å². The lowest BCUT2D eigenvalue weighted by Gasteiger charge is -2.20. The molecule has 3 N–H and O–H groups in total. The number of benzene rings is 1. The molecule has 1 atom stereocenters. The van der Waals surface area contributed by atoms with Crippen LogP contribution >= 0.6 is 11.3 Å². The van der Waals surface area contributed by atoms with Crippen LogP contribution in [0.4, 0.5) is 5.69 Å². The summed E-state index contributed by atoms with van der Waals surface area (Å²) >= 11 is 1.66. The third-order valence-electron chi connectivity index (χ3n) is 3.36. The number of rotatable bonds is 6. The van der Waals surface area contributed by atoms with Crippen molar-refractivity contribution >= 4 is 17.0 Å². The first-order valence-corrected chi connectivity index (χ1v) is 7.52. The topological polar surface area (TPSA) is 50.9 Å². The average Bonchev–Trinajstić information content (AvgIpc) is 2.93. The lowest BCUT2D eigenvalue weighted by Crippen LogP contribution is -2.27. The second-order valence-corrected chi connectivity index (χ2v) is 5.93. The molecular formula is C15H21N3S. The van der Waals surface area contributed by atoms with Crippen LogP contribution in [0.15, 0.2) is 35.8 Å². The summed E-state index contributed by atoms with van der Waals surface area (Å²) in [4.78, 5) is 4.34. The first-order chi connectivity index (χ1) is 9.20. The monoisotopic (exact) mass is 275 g/mol. The highest BCUT2D eigenvalue weighted by molar-refractivity contribution is 7.13. The number of thiazole rings is 1. The summed E-state index contributed by atoms with van der Waals surface area (Å²) in [5.41, 5.74) is 8.09. The summed E-state index contributed by atoms with van der Waals surface area (Å²) in [6.45, 7) is 6.06.